The molecule has 0 bridgehead atoms. The lowest BCUT2D eigenvalue weighted by Gasteiger charge is -2.09. The Balaban J connectivity index is 2.02. The first-order valence-electron chi connectivity index (χ1n) is 7.22. The summed E-state index contributed by atoms with van der Waals surface area (Å²) in [4.78, 5) is 16.6. The number of rotatable bonds is 5. The molecule has 0 aliphatic rings. The molecule has 0 spiro atoms. The summed E-state index contributed by atoms with van der Waals surface area (Å²) in [7, 11) is 1.95. The second-order valence-corrected chi connectivity index (χ2v) is 5.54. The largest absolute Gasteiger partial charge is 0.351 e. The third kappa shape index (κ3) is 3.15. The van der Waals surface area contributed by atoms with Crippen molar-refractivity contribution in [1.29, 1.82) is 0 Å². The van der Waals surface area contributed by atoms with Crippen molar-refractivity contribution in [2.24, 2.45) is 7.05 Å². The summed E-state index contributed by atoms with van der Waals surface area (Å²) < 4.78 is 3.85. The highest BCUT2D eigenvalue weighted by Gasteiger charge is 2.19. The molecule has 114 valence electrons. The summed E-state index contributed by atoms with van der Waals surface area (Å²) in [6.45, 7) is 8.49. The molecule has 2 aromatic heterocycles. The van der Waals surface area contributed by atoms with Gasteiger partial charge in [-0.3, -0.25) is 9.48 Å². The number of hydrogen-bond donors (Lipinski definition) is 1. The monoisotopic (exact) mass is 289 g/mol. The maximum Gasteiger partial charge on any atom is 0.255 e. The van der Waals surface area contributed by atoms with Crippen LogP contribution in [-0.2, 0) is 13.5 Å². The quantitative estimate of drug-likeness (QED) is 0.912. The van der Waals surface area contributed by atoms with Crippen LogP contribution in [0, 0.1) is 13.8 Å². The fourth-order valence-electron chi connectivity index (χ4n) is 2.51. The molecule has 0 fully saturated rings. The summed E-state index contributed by atoms with van der Waals surface area (Å²) in [5.41, 5.74) is 2.37. The van der Waals surface area contributed by atoms with Gasteiger partial charge in [-0.2, -0.15) is 5.10 Å². The maximum atomic E-state index is 12.3. The number of nitrogens with zero attached hydrogens (tertiary/aromatic N) is 4. The summed E-state index contributed by atoms with van der Waals surface area (Å²) in [6.07, 6.45) is 4.38. The molecular weight excluding hydrogens is 266 g/mol. The SMILES string of the molecule is Cc1nn(C(C)C)c(C)c1C(=O)NCCc1nccn1C. The van der Waals surface area contributed by atoms with E-state index >= 15 is 0 Å². The van der Waals surface area contributed by atoms with Crippen LogP contribution in [0.4, 0.5) is 0 Å². The zero-order valence-electron chi connectivity index (χ0n) is 13.3. The first kappa shape index (κ1) is 15.3. The van der Waals surface area contributed by atoms with Crippen LogP contribution in [0.2, 0.25) is 0 Å². The van der Waals surface area contributed by atoms with E-state index in [9.17, 15) is 4.79 Å². The Hall–Kier alpha value is -2.11. The molecule has 0 unspecified atom stereocenters. The number of hydrogen-bond acceptors (Lipinski definition) is 3. The molecular formula is C15H23N5O. The zero-order valence-corrected chi connectivity index (χ0v) is 13.3. The Morgan fingerprint density at radius 3 is 2.62 bits per heavy atom. The first-order valence-corrected chi connectivity index (χ1v) is 7.22. The van der Waals surface area contributed by atoms with Crippen molar-refractivity contribution in [1.82, 2.24) is 24.6 Å². The van der Waals surface area contributed by atoms with E-state index in [0.717, 1.165) is 17.2 Å². The molecule has 0 saturated carbocycles. The molecule has 0 atom stereocenters. The maximum absolute atomic E-state index is 12.3. The number of carbonyl (C=O) groups is 1. The Bertz CT molecular complexity index is 639. The summed E-state index contributed by atoms with van der Waals surface area (Å²) in [6, 6.07) is 0.248. The van der Waals surface area contributed by atoms with E-state index in [1.54, 1.807) is 6.20 Å². The van der Waals surface area contributed by atoms with Gasteiger partial charge in [-0.25, -0.2) is 4.98 Å². The lowest BCUT2D eigenvalue weighted by Crippen LogP contribution is -2.27. The van der Waals surface area contributed by atoms with Crippen LogP contribution < -0.4 is 5.32 Å². The van der Waals surface area contributed by atoms with Gasteiger partial charge in [0.05, 0.1) is 11.3 Å². The molecule has 2 rings (SSSR count). The van der Waals surface area contributed by atoms with Crippen molar-refractivity contribution >= 4 is 5.91 Å². The first-order chi connectivity index (χ1) is 9.91. The third-order valence-corrected chi connectivity index (χ3v) is 3.60. The predicted molar refractivity (Wildman–Crippen MR) is 81.3 cm³/mol. The molecule has 6 nitrogen and oxygen atoms in total. The van der Waals surface area contributed by atoms with Gasteiger partial charge in [0.2, 0.25) is 0 Å². The molecule has 2 aromatic rings. The second-order valence-electron chi connectivity index (χ2n) is 5.54. The summed E-state index contributed by atoms with van der Waals surface area (Å²) in [5.74, 6) is 0.896. The molecule has 2 heterocycles. The van der Waals surface area contributed by atoms with Crippen LogP contribution in [0.25, 0.3) is 0 Å². The van der Waals surface area contributed by atoms with Crippen molar-refractivity contribution in [3.05, 3.63) is 35.2 Å². The van der Waals surface area contributed by atoms with E-state index < -0.39 is 0 Å². The highest BCUT2D eigenvalue weighted by atomic mass is 16.1. The van der Waals surface area contributed by atoms with Crippen molar-refractivity contribution in [2.45, 2.75) is 40.2 Å². The molecule has 0 aromatic carbocycles. The number of carbonyl (C=O) groups excluding carboxylic acids is 1. The van der Waals surface area contributed by atoms with E-state index in [2.05, 4.69) is 29.2 Å². The molecule has 0 aliphatic carbocycles. The van der Waals surface area contributed by atoms with Gasteiger partial charge in [0, 0.05) is 44.1 Å². The van der Waals surface area contributed by atoms with E-state index in [0.29, 0.717) is 18.5 Å². The van der Waals surface area contributed by atoms with Crippen LogP contribution in [0.3, 0.4) is 0 Å². The lowest BCUT2D eigenvalue weighted by molar-refractivity contribution is 0.0952. The van der Waals surface area contributed by atoms with Crippen molar-refractivity contribution in [3.8, 4) is 0 Å². The highest BCUT2D eigenvalue weighted by Crippen LogP contribution is 2.16. The minimum absolute atomic E-state index is 0.0638. The predicted octanol–water partition coefficient (Wildman–Crippen LogP) is 1.79. The van der Waals surface area contributed by atoms with Gasteiger partial charge < -0.3 is 9.88 Å². The number of aryl methyl sites for hydroxylation is 2. The van der Waals surface area contributed by atoms with Gasteiger partial charge in [-0.05, 0) is 27.7 Å². The van der Waals surface area contributed by atoms with Crippen molar-refractivity contribution in [2.75, 3.05) is 6.54 Å². The highest BCUT2D eigenvalue weighted by molar-refractivity contribution is 5.96. The molecule has 6 heteroatoms. The normalized spacial score (nSPS) is 11.1. The fourth-order valence-corrected chi connectivity index (χ4v) is 2.51. The van der Waals surface area contributed by atoms with Crippen LogP contribution >= 0.6 is 0 Å². The van der Waals surface area contributed by atoms with Gasteiger partial charge >= 0.3 is 0 Å². The minimum atomic E-state index is -0.0638. The fraction of sp³-hybridized carbons (Fsp3) is 0.533. The van der Waals surface area contributed by atoms with Gasteiger partial charge in [-0.1, -0.05) is 0 Å². The summed E-state index contributed by atoms with van der Waals surface area (Å²) >= 11 is 0. The topological polar surface area (TPSA) is 64.7 Å². The number of nitrogens with one attached hydrogen (secondary N) is 1. The van der Waals surface area contributed by atoms with Crippen LogP contribution in [0.1, 0.15) is 47.5 Å². The molecule has 0 radical (unpaired) electrons. The average molecular weight is 289 g/mol. The standard InChI is InChI=1S/C15H23N5O/c1-10(2)20-12(4)14(11(3)18-20)15(21)17-7-6-13-16-8-9-19(13)5/h8-10H,6-7H2,1-5H3,(H,17,21). The number of amides is 1. The smallest absolute Gasteiger partial charge is 0.255 e. The molecule has 1 amide bonds. The average Bonchev–Trinajstić information content (AvgIpc) is 2.94. The van der Waals surface area contributed by atoms with Gasteiger partial charge in [0.25, 0.3) is 5.91 Å². The van der Waals surface area contributed by atoms with E-state index in [-0.39, 0.29) is 11.9 Å². The summed E-state index contributed by atoms with van der Waals surface area (Å²) in [5, 5.41) is 7.39. The Kier molecular flexibility index (Phi) is 4.45. The van der Waals surface area contributed by atoms with Gasteiger partial charge in [-0.15, -0.1) is 0 Å². The Morgan fingerprint density at radius 1 is 1.38 bits per heavy atom. The third-order valence-electron chi connectivity index (χ3n) is 3.60. The van der Waals surface area contributed by atoms with Crippen LogP contribution in [-0.4, -0.2) is 31.8 Å². The number of imidazole rings is 1. The van der Waals surface area contributed by atoms with Crippen molar-refractivity contribution in [3.63, 3.8) is 0 Å². The van der Waals surface area contributed by atoms with E-state index in [1.807, 2.05) is 36.3 Å². The second kappa shape index (κ2) is 6.11. The molecule has 1 N–H and O–H groups in total. The minimum Gasteiger partial charge on any atom is -0.351 e. The van der Waals surface area contributed by atoms with Crippen molar-refractivity contribution < 1.29 is 4.79 Å². The molecule has 0 saturated heterocycles. The van der Waals surface area contributed by atoms with Gasteiger partial charge in [0.15, 0.2) is 0 Å². The van der Waals surface area contributed by atoms with Crippen LogP contribution in [0.5, 0.6) is 0 Å². The lowest BCUT2D eigenvalue weighted by atomic mass is 10.2. The molecule has 0 aliphatic heterocycles. The molecule has 21 heavy (non-hydrogen) atoms. The van der Waals surface area contributed by atoms with Gasteiger partial charge in [0.1, 0.15) is 5.82 Å². The Morgan fingerprint density at radius 2 is 2.10 bits per heavy atom. The van der Waals surface area contributed by atoms with Crippen LogP contribution in [0.15, 0.2) is 12.4 Å². The van der Waals surface area contributed by atoms with E-state index in [4.69, 9.17) is 0 Å². The Labute approximate surface area is 125 Å². The number of aromatic nitrogens is 4. The van der Waals surface area contributed by atoms with E-state index in [1.165, 1.54) is 0 Å². The zero-order chi connectivity index (χ0) is 15.6.